The lowest BCUT2D eigenvalue weighted by Crippen LogP contribution is -2.27. The summed E-state index contributed by atoms with van der Waals surface area (Å²) in [5.74, 6) is 0. The second kappa shape index (κ2) is 11.7. The first-order valence-corrected chi connectivity index (χ1v) is 18.6. The third-order valence-corrected chi connectivity index (χ3v) is 11.8. The zero-order valence-corrected chi connectivity index (χ0v) is 29.2. The molecule has 0 N–H and O–H groups in total. The van der Waals surface area contributed by atoms with Crippen molar-refractivity contribution >= 4 is 33.5 Å². The average Bonchev–Trinajstić information content (AvgIpc) is 3.89. The highest BCUT2D eigenvalue weighted by Crippen LogP contribution is 2.65. The van der Waals surface area contributed by atoms with Gasteiger partial charge in [0.15, 0.2) is 0 Å². The number of para-hydroxylation sites is 2. The van der Waals surface area contributed by atoms with Gasteiger partial charge in [0.2, 0.25) is 0 Å². The second-order valence-electron chi connectivity index (χ2n) is 14.4. The van der Waals surface area contributed by atoms with Crippen LogP contribution in [0, 0.1) is 0 Å². The van der Waals surface area contributed by atoms with Crippen LogP contribution in [0.2, 0.25) is 0 Å². The summed E-state index contributed by atoms with van der Waals surface area (Å²) < 4.78 is 2.47. The van der Waals surface area contributed by atoms with Crippen molar-refractivity contribution in [3.63, 3.8) is 0 Å². The number of aromatic nitrogens is 1. The standard InChI is InChI=1S/C51H36N2/c1-3-13-35(14-4-1)36-23-25-39(26-24-36)53(38-16-5-2-6-17-38)41-28-30-45-44-29-27-40(52-32-31-37-15-7-12-22-50(37)52)33-48(44)51(49(45)34-41)46-20-10-8-18-42(46)43-19-9-11-21-47(43)51/h1-26,28-34,40H,27H2. The lowest BCUT2D eigenvalue weighted by atomic mass is 9.69. The third-order valence-electron chi connectivity index (χ3n) is 11.8. The van der Waals surface area contributed by atoms with Gasteiger partial charge >= 0.3 is 0 Å². The monoisotopic (exact) mass is 676 g/mol. The van der Waals surface area contributed by atoms with E-state index in [2.05, 4.69) is 210 Å². The summed E-state index contributed by atoms with van der Waals surface area (Å²) in [7, 11) is 0. The summed E-state index contributed by atoms with van der Waals surface area (Å²) in [5, 5.41) is 1.28. The fourth-order valence-electron chi connectivity index (χ4n) is 9.50. The van der Waals surface area contributed by atoms with Crippen LogP contribution >= 0.6 is 0 Å². The molecule has 7 aromatic carbocycles. The largest absolute Gasteiger partial charge is 0.340 e. The molecule has 1 aromatic heterocycles. The summed E-state index contributed by atoms with van der Waals surface area (Å²) in [5.41, 5.74) is 17.5. The quantitative estimate of drug-likeness (QED) is 0.176. The minimum absolute atomic E-state index is 0.211. The van der Waals surface area contributed by atoms with E-state index in [-0.39, 0.29) is 6.04 Å². The van der Waals surface area contributed by atoms with E-state index >= 15 is 0 Å². The molecule has 250 valence electrons. The Morgan fingerprint density at radius 1 is 0.491 bits per heavy atom. The minimum atomic E-state index is -0.439. The molecule has 3 aliphatic carbocycles. The van der Waals surface area contributed by atoms with E-state index in [1.807, 2.05) is 0 Å². The highest BCUT2D eigenvalue weighted by molar-refractivity contribution is 6.01. The van der Waals surface area contributed by atoms with E-state index in [0.29, 0.717) is 0 Å². The van der Waals surface area contributed by atoms with Gasteiger partial charge in [-0.15, -0.1) is 0 Å². The summed E-state index contributed by atoms with van der Waals surface area (Å²) in [6.07, 6.45) is 8.33. The Labute approximate surface area is 310 Å². The fraction of sp³-hybridized carbons (Fsp3) is 0.0588. The number of fused-ring (bicyclic) bond motifs is 11. The van der Waals surface area contributed by atoms with E-state index in [0.717, 1.165) is 23.5 Å². The van der Waals surface area contributed by atoms with Crippen molar-refractivity contribution in [3.05, 3.63) is 228 Å². The molecule has 1 unspecified atom stereocenters. The molecule has 0 radical (unpaired) electrons. The molecule has 1 spiro atoms. The topological polar surface area (TPSA) is 8.17 Å². The van der Waals surface area contributed by atoms with Gasteiger partial charge in [-0.1, -0.05) is 146 Å². The van der Waals surface area contributed by atoms with E-state index in [1.165, 1.54) is 66.6 Å². The predicted molar refractivity (Wildman–Crippen MR) is 220 cm³/mol. The lowest BCUT2D eigenvalue weighted by molar-refractivity contribution is 0.617. The molecule has 11 rings (SSSR count). The van der Waals surface area contributed by atoms with Gasteiger partial charge in [-0.05, 0) is 116 Å². The smallest absolute Gasteiger partial charge is 0.0723 e. The van der Waals surface area contributed by atoms with Crippen LogP contribution in [0.4, 0.5) is 17.1 Å². The summed E-state index contributed by atoms with van der Waals surface area (Å²) in [4.78, 5) is 2.41. The van der Waals surface area contributed by atoms with Crippen molar-refractivity contribution < 1.29 is 0 Å². The molecular formula is C51H36N2. The molecule has 0 bridgehead atoms. The first-order valence-electron chi connectivity index (χ1n) is 18.6. The first kappa shape index (κ1) is 30.0. The average molecular weight is 677 g/mol. The molecule has 53 heavy (non-hydrogen) atoms. The molecule has 0 aliphatic heterocycles. The van der Waals surface area contributed by atoms with Crippen LogP contribution in [0.5, 0.6) is 0 Å². The molecule has 0 fully saturated rings. The summed E-state index contributed by atoms with van der Waals surface area (Å²) >= 11 is 0. The molecular weight excluding hydrogens is 641 g/mol. The van der Waals surface area contributed by atoms with Crippen LogP contribution in [-0.4, -0.2) is 4.57 Å². The number of hydrogen-bond acceptors (Lipinski definition) is 1. The van der Waals surface area contributed by atoms with Gasteiger partial charge in [-0.3, -0.25) is 0 Å². The van der Waals surface area contributed by atoms with Crippen molar-refractivity contribution in [2.75, 3.05) is 4.90 Å². The van der Waals surface area contributed by atoms with Crippen LogP contribution in [0.15, 0.2) is 206 Å². The van der Waals surface area contributed by atoms with E-state index in [9.17, 15) is 0 Å². The molecule has 1 atom stereocenters. The van der Waals surface area contributed by atoms with Crippen LogP contribution in [-0.2, 0) is 5.41 Å². The van der Waals surface area contributed by atoms with Crippen molar-refractivity contribution in [3.8, 4) is 22.3 Å². The fourth-order valence-corrected chi connectivity index (χ4v) is 9.50. The lowest BCUT2D eigenvalue weighted by Gasteiger charge is -2.34. The Bertz CT molecular complexity index is 2700. The van der Waals surface area contributed by atoms with E-state index in [1.54, 1.807) is 0 Å². The Balaban J connectivity index is 1.14. The number of rotatable bonds is 5. The normalized spacial score (nSPS) is 16.0. The predicted octanol–water partition coefficient (Wildman–Crippen LogP) is 13.1. The Morgan fingerprint density at radius 3 is 1.85 bits per heavy atom. The van der Waals surface area contributed by atoms with Crippen LogP contribution in [0.25, 0.3) is 38.7 Å². The maximum Gasteiger partial charge on any atom is 0.0723 e. The molecule has 3 aliphatic rings. The van der Waals surface area contributed by atoms with Gasteiger partial charge in [0, 0.05) is 28.8 Å². The molecule has 0 saturated carbocycles. The number of nitrogens with zero attached hydrogens (tertiary/aromatic N) is 2. The zero-order chi connectivity index (χ0) is 34.9. The SMILES string of the molecule is C1=C2C(=CC(n3ccc4ccccc43)C1)C1(c3cc(N(c4ccccc4)c4ccc(-c5ccccc5)cc4)ccc32)c2ccccc2-c2ccccc21. The molecule has 1 heterocycles. The van der Waals surface area contributed by atoms with Crippen molar-refractivity contribution in [1.82, 2.24) is 4.57 Å². The number of allylic oxidation sites excluding steroid dienone is 4. The van der Waals surface area contributed by atoms with Gasteiger partial charge < -0.3 is 9.47 Å². The highest BCUT2D eigenvalue weighted by atomic mass is 15.1. The number of benzene rings is 7. The van der Waals surface area contributed by atoms with E-state index in [4.69, 9.17) is 0 Å². The zero-order valence-electron chi connectivity index (χ0n) is 29.2. The number of anilines is 3. The molecule has 8 aromatic rings. The van der Waals surface area contributed by atoms with E-state index < -0.39 is 5.41 Å². The Morgan fingerprint density at radius 2 is 1.09 bits per heavy atom. The van der Waals surface area contributed by atoms with Gasteiger partial charge in [0.1, 0.15) is 0 Å². The van der Waals surface area contributed by atoms with Gasteiger partial charge in [-0.25, -0.2) is 0 Å². The molecule has 2 heteroatoms. The summed E-state index contributed by atoms with van der Waals surface area (Å²) in [6.45, 7) is 0. The van der Waals surface area contributed by atoms with Crippen molar-refractivity contribution in [2.24, 2.45) is 0 Å². The van der Waals surface area contributed by atoms with Crippen LogP contribution in [0.3, 0.4) is 0 Å². The highest BCUT2D eigenvalue weighted by Gasteiger charge is 2.54. The minimum Gasteiger partial charge on any atom is -0.340 e. The third kappa shape index (κ3) is 4.39. The molecule has 2 nitrogen and oxygen atoms in total. The summed E-state index contributed by atoms with van der Waals surface area (Å²) in [6, 6.07) is 67.1. The Hall–Kier alpha value is -6.64. The van der Waals surface area contributed by atoms with Gasteiger partial charge in [0.05, 0.1) is 11.5 Å². The van der Waals surface area contributed by atoms with Gasteiger partial charge in [0.25, 0.3) is 0 Å². The maximum atomic E-state index is 2.59. The number of hydrogen-bond donors (Lipinski definition) is 0. The van der Waals surface area contributed by atoms with Crippen LogP contribution < -0.4 is 4.90 Å². The second-order valence-corrected chi connectivity index (χ2v) is 14.4. The van der Waals surface area contributed by atoms with Crippen molar-refractivity contribution in [2.45, 2.75) is 17.9 Å². The van der Waals surface area contributed by atoms with Gasteiger partial charge in [-0.2, -0.15) is 0 Å². The first-order chi connectivity index (χ1) is 26.3. The molecule has 0 amide bonds. The van der Waals surface area contributed by atoms with Crippen LogP contribution in [0.1, 0.15) is 34.7 Å². The maximum absolute atomic E-state index is 2.59. The molecule has 0 saturated heterocycles. The van der Waals surface area contributed by atoms with Crippen molar-refractivity contribution in [1.29, 1.82) is 0 Å². The Kier molecular flexibility index (Phi) is 6.63.